The highest BCUT2D eigenvalue weighted by atomic mass is 16.4. The van der Waals surface area contributed by atoms with Crippen LogP contribution in [0.15, 0.2) is 12.3 Å². The Hall–Kier alpha value is -1.85. The van der Waals surface area contributed by atoms with Gasteiger partial charge in [-0.15, -0.1) is 0 Å². The van der Waals surface area contributed by atoms with Crippen LogP contribution in [-0.2, 0) is 10.3 Å². The second-order valence-corrected chi connectivity index (χ2v) is 4.94. The van der Waals surface area contributed by atoms with Gasteiger partial charge in [0.15, 0.2) is 5.54 Å². The van der Waals surface area contributed by atoms with Crippen LogP contribution in [0.4, 0.5) is 0 Å². The van der Waals surface area contributed by atoms with Gasteiger partial charge in [0.05, 0.1) is 0 Å². The van der Waals surface area contributed by atoms with Gasteiger partial charge in [0, 0.05) is 6.20 Å². The molecule has 0 amide bonds. The summed E-state index contributed by atoms with van der Waals surface area (Å²) in [6.45, 7) is 5.48. The molecule has 0 radical (unpaired) electrons. The predicted octanol–water partition coefficient (Wildman–Crippen LogP) is 1.82. The van der Waals surface area contributed by atoms with Crippen molar-refractivity contribution < 1.29 is 19.8 Å². The first kappa shape index (κ1) is 14.2. The molecule has 1 heterocycles. The van der Waals surface area contributed by atoms with Crippen molar-refractivity contribution in [1.82, 2.24) is 9.78 Å². The van der Waals surface area contributed by atoms with Crippen molar-refractivity contribution in [2.24, 2.45) is 5.92 Å². The van der Waals surface area contributed by atoms with E-state index in [4.69, 9.17) is 5.11 Å². The first-order valence-corrected chi connectivity index (χ1v) is 5.80. The molecule has 18 heavy (non-hydrogen) atoms. The third-order valence-corrected chi connectivity index (χ3v) is 3.00. The fraction of sp³-hybridized carbons (Fsp3) is 0.583. The lowest BCUT2D eigenvalue weighted by molar-refractivity contribution is -0.147. The average Bonchev–Trinajstić information content (AvgIpc) is 2.74. The summed E-state index contributed by atoms with van der Waals surface area (Å²) in [6, 6.07) is 1.30. The van der Waals surface area contributed by atoms with Crippen LogP contribution in [-0.4, -0.2) is 31.9 Å². The van der Waals surface area contributed by atoms with E-state index in [1.54, 1.807) is 0 Å². The summed E-state index contributed by atoms with van der Waals surface area (Å²) in [4.78, 5) is 22.5. The van der Waals surface area contributed by atoms with Crippen LogP contribution in [0.25, 0.3) is 0 Å². The van der Waals surface area contributed by atoms with Crippen molar-refractivity contribution in [2.45, 2.75) is 39.2 Å². The minimum Gasteiger partial charge on any atom is -0.479 e. The number of hydrogen-bond donors (Lipinski definition) is 2. The first-order valence-electron chi connectivity index (χ1n) is 5.80. The summed E-state index contributed by atoms with van der Waals surface area (Å²) in [6.07, 6.45) is 2.32. The molecule has 2 N–H and O–H groups in total. The minimum absolute atomic E-state index is 0.108. The monoisotopic (exact) mass is 254 g/mol. The highest BCUT2D eigenvalue weighted by Crippen LogP contribution is 2.26. The fourth-order valence-electron chi connectivity index (χ4n) is 1.73. The van der Waals surface area contributed by atoms with E-state index in [1.807, 2.05) is 13.8 Å². The van der Waals surface area contributed by atoms with E-state index in [0.717, 1.165) is 4.68 Å². The van der Waals surface area contributed by atoms with Crippen LogP contribution in [0, 0.1) is 5.92 Å². The molecule has 0 aliphatic rings. The summed E-state index contributed by atoms with van der Waals surface area (Å²) in [5.74, 6) is -1.91. The van der Waals surface area contributed by atoms with Gasteiger partial charge in [-0.25, -0.2) is 14.3 Å². The van der Waals surface area contributed by atoms with Crippen molar-refractivity contribution in [3.8, 4) is 0 Å². The highest BCUT2D eigenvalue weighted by molar-refractivity contribution is 5.87. The zero-order valence-corrected chi connectivity index (χ0v) is 10.8. The maximum atomic E-state index is 11.5. The number of carboxylic acid groups (broad SMARTS) is 2. The minimum atomic E-state index is -1.33. The summed E-state index contributed by atoms with van der Waals surface area (Å²) >= 11 is 0. The molecule has 0 bridgehead atoms. The number of carboxylic acids is 2. The number of aromatic nitrogens is 2. The molecule has 1 rings (SSSR count). The quantitative estimate of drug-likeness (QED) is 0.807. The van der Waals surface area contributed by atoms with Crippen molar-refractivity contribution >= 4 is 11.9 Å². The van der Waals surface area contributed by atoms with Crippen LogP contribution < -0.4 is 0 Å². The Bertz CT molecular complexity index is 453. The molecule has 0 aromatic carbocycles. The third-order valence-electron chi connectivity index (χ3n) is 3.00. The van der Waals surface area contributed by atoms with Gasteiger partial charge < -0.3 is 10.2 Å². The number of aliphatic carboxylic acids is 1. The molecule has 1 unspecified atom stereocenters. The lowest BCUT2D eigenvalue weighted by atomic mass is 9.92. The lowest BCUT2D eigenvalue weighted by Crippen LogP contribution is -2.41. The lowest BCUT2D eigenvalue weighted by Gasteiger charge is -2.27. The summed E-state index contributed by atoms with van der Waals surface area (Å²) < 4.78 is 1.08. The van der Waals surface area contributed by atoms with Gasteiger partial charge >= 0.3 is 11.9 Å². The highest BCUT2D eigenvalue weighted by Gasteiger charge is 2.38. The molecular weight excluding hydrogens is 236 g/mol. The SMILES string of the molecule is CC(C)CCC(C)(C(=O)O)n1nccc1C(=O)O. The number of nitrogens with zero attached hydrogens (tertiary/aromatic N) is 2. The van der Waals surface area contributed by atoms with Crippen molar-refractivity contribution in [1.29, 1.82) is 0 Å². The van der Waals surface area contributed by atoms with Crippen LogP contribution in [0.3, 0.4) is 0 Å². The largest absolute Gasteiger partial charge is 0.479 e. The topological polar surface area (TPSA) is 92.4 Å². The Morgan fingerprint density at radius 2 is 2.06 bits per heavy atom. The first-order chi connectivity index (χ1) is 8.29. The number of rotatable bonds is 6. The zero-order valence-electron chi connectivity index (χ0n) is 10.8. The molecule has 100 valence electrons. The Morgan fingerprint density at radius 3 is 2.50 bits per heavy atom. The maximum Gasteiger partial charge on any atom is 0.354 e. The third kappa shape index (κ3) is 2.69. The van der Waals surface area contributed by atoms with E-state index in [2.05, 4.69) is 5.10 Å². The normalized spacial score (nSPS) is 14.4. The van der Waals surface area contributed by atoms with E-state index < -0.39 is 17.5 Å². The van der Waals surface area contributed by atoms with Gasteiger partial charge in [-0.1, -0.05) is 13.8 Å². The molecule has 6 heteroatoms. The van der Waals surface area contributed by atoms with Crippen LogP contribution >= 0.6 is 0 Å². The molecule has 0 spiro atoms. The average molecular weight is 254 g/mol. The molecule has 1 aromatic heterocycles. The Morgan fingerprint density at radius 1 is 1.44 bits per heavy atom. The number of hydrogen-bond acceptors (Lipinski definition) is 3. The molecule has 1 atom stereocenters. The molecule has 0 saturated carbocycles. The Kier molecular flexibility index (Phi) is 4.11. The van der Waals surface area contributed by atoms with Gasteiger partial charge in [-0.2, -0.15) is 5.10 Å². The van der Waals surface area contributed by atoms with Crippen molar-refractivity contribution in [3.05, 3.63) is 18.0 Å². The van der Waals surface area contributed by atoms with Crippen molar-refractivity contribution in [2.75, 3.05) is 0 Å². The molecular formula is C12H18N2O4. The van der Waals surface area contributed by atoms with Gasteiger partial charge in [-0.05, 0) is 31.7 Å². The van der Waals surface area contributed by atoms with Gasteiger partial charge in [-0.3, -0.25) is 0 Å². The number of aromatic carboxylic acids is 1. The van der Waals surface area contributed by atoms with Crippen LogP contribution in [0.2, 0.25) is 0 Å². The predicted molar refractivity (Wildman–Crippen MR) is 64.5 cm³/mol. The second kappa shape index (κ2) is 5.20. The number of carbonyl (C=O) groups is 2. The molecule has 0 aliphatic carbocycles. The van der Waals surface area contributed by atoms with Crippen molar-refractivity contribution in [3.63, 3.8) is 0 Å². The fourth-order valence-corrected chi connectivity index (χ4v) is 1.73. The molecule has 6 nitrogen and oxygen atoms in total. The zero-order chi connectivity index (χ0) is 13.9. The molecule has 0 aliphatic heterocycles. The van der Waals surface area contributed by atoms with E-state index >= 15 is 0 Å². The summed E-state index contributed by atoms with van der Waals surface area (Å²) in [5.41, 5.74) is -1.44. The molecule has 0 fully saturated rings. The van der Waals surface area contributed by atoms with E-state index in [9.17, 15) is 14.7 Å². The van der Waals surface area contributed by atoms with E-state index in [0.29, 0.717) is 18.8 Å². The van der Waals surface area contributed by atoms with Crippen LogP contribution in [0.5, 0.6) is 0 Å². The standard InChI is InChI=1S/C12H18N2O4/c1-8(2)4-6-12(3,11(17)18)14-9(10(15)16)5-7-13-14/h5,7-8H,4,6H2,1-3H3,(H,15,16)(H,17,18). The smallest absolute Gasteiger partial charge is 0.354 e. The van der Waals surface area contributed by atoms with Gasteiger partial charge in [0.2, 0.25) is 0 Å². The van der Waals surface area contributed by atoms with Gasteiger partial charge in [0.25, 0.3) is 0 Å². The maximum absolute atomic E-state index is 11.5. The summed E-state index contributed by atoms with van der Waals surface area (Å²) in [5, 5.41) is 22.3. The Balaban J connectivity index is 3.14. The molecule has 1 aromatic rings. The van der Waals surface area contributed by atoms with E-state index in [-0.39, 0.29) is 5.69 Å². The summed E-state index contributed by atoms with van der Waals surface area (Å²) in [7, 11) is 0. The van der Waals surface area contributed by atoms with Crippen LogP contribution in [0.1, 0.15) is 44.1 Å². The van der Waals surface area contributed by atoms with E-state index in [1.165, 1.54) is 19.2 Å². The Labute approximate surface area is 105 Å². The molecule has 0 saturated heterocycles. The van der Waals surface area contributed by atoms with Gasteiger partial charge in [0.1, 0.15) is 5.69 Å². The second-order valence-electron chi connectivity index (χ2n) is 4.94.